The van der Waals surface area contributed by atoms with Crippen molar-refractivity contribution in [2.24, 2.45) is 5.10 Å². The van der Waals surface area contributed by atoms with Crippen molar-refractivity contribution in [1.82, 2.24) is 9.99 Å². The molecule has 0 bridgehead atoms. The van der Waals surface area contributed by atoms with Gasteiger partial charge in [0.1, 0.15) is 12.3 Å². The van der Waals surface area contributed by atoms with Crippen LogP contribution in [0.15, 0.2) is 76.7 Å². The summed E-state index contributed by atoms with van der Waals surface area (Å²) in [7, 11) is -2.74. The number of methoxy groups -OCH3 is 1. The Morgan fingerprint density at radius 1 is 0.976 bits per heavy atom. The average Bonchev–Trinajstić information content (AvgIpc) is 3.21. The number of rotatable bonds is 9. The lowest BCUT2D eigenvalue weighted by molar-refractivity contribution is -0.119. The Labute approximate surface area is 246 Å². The van der Waals surface area contributed by atoms with Gasteiger partial charge in [-0.3, -0.25) is 9.10 Å². The van der Waals surface area contributed by atoms with Gasteiger partial charge in [0.25, 0.3) is 15.9 Å². The zero-order valence-corrected chi connectivity index (χ0v) is 25.5. The summed E-state index contributed by atoms with van der Waals surface area (Å²) in [4.78, 5) is 13.1. The topological polar surface area (TPSA) is 93.0 Å². The number of amides is 1. The summed E-state index contributed by atoms with van der Waals surface area (Å²) in [5, 5.41) is 4.43. The molecule has 0 spiro atoms. The standard InChI is InChI=1S/C31H33ClN4O4S/c1-20-7-12-28(13-8-20)41(38,39)35(29-17-26(32)10-14-30(29)40-6)19-31(37)34-33-18-25-16-23(4)36(24(25)5)27-11-9-21(2)22(3)15-27/h7-18H,19H2,1-6H3,(H,34,37)/b33-18-. The minimum atomic E-state index is -4.16. The number of hydrogen-bond acceptors (Lipinski definition) is 5. The first-order valence-electron chi connectivity index (χ1n) is 12.9. The average molecular weight is 593 g/mol. The number of aryl methyl sites for hydroxylation is 4. The van der Waals surface area contributed by atoms with Gasteiger partial charge in [-0.1, -0.05) is 35.4 Å². The number of nitrogens with one attached hydrogen (secondary N) is 1. The summed E-state index contributed by atoms with van der Waals surface area (Å²) in [6.45, 7) is 9.44. The smallest absolute Gasteiger partial charge is 0.264 e. The van der Waals surface area contributed by atoms with Crippen LogP contribution in [0, 0.1) is 34.6 Å². The molecular weight excluding hydrogens is 560 g/mol. The number of aromatic nitrogens is 1. The molecule has 41 heavy (non-hydrogen) atoms. The molecule has 3 aromatic carbocycles. The van der Waals surface area contributed by atoms with Gasteiger partial charge >= 0.3 is 0 Å². The van der Waals surface area contributed by atoms with Crippen LogP contribution in [-0.2, 0) is 14.8 Å². The third-order valence-corrected chi connectivity index (χ3v) is 8.93. The van der Waals surface area contributed by atoms with Crippen LogP contribution in [0.4, 0.5) is 5.69 Å². The monoisotopic (exact) mass is 592 g/mol. The number of ether oxygens (including phenoxy) is 1. The van der Waals surface area contributed by atoms with Crippen LogP contribution < -0.4 is 14.5 Å². The summed E-state index contributed by atoms with van der Waals surface area (Å²) in [6.07, 6.45) is 1.55. The molecule has 0 fully saturated rings. The number of benzene rings is 3. The molecule has 1 N–H and O–H groups in total. The molecule has 0 radical (unpaired) electrons. The van der Waals surface area contributed by atoms with E-state index in [1.54, 1.807) is 30.5 Å². The van der Waals surface area contributed by atoms with E-state index in [0.717, 1.165) is 32.5 Å². The van der Waals surface area contributed by atoms with Crippen LogP contribution in [0.5, 0.6) is 5.75 Å². The Hall–Kier alpha value is -4.08. The predicted molar refractivity (Wildman–Crippen MR) is 164 cm³/mol. The van der Waals surface area contributed by atoms with Gasteiger partial charge in [0.05, 0.1) is 23.9 Å². The first-order chi connectivity index (χ1) is 19.4. The lowest BCUT2D eigenvalue weighted by atomic mass is 10.1. The molecular formula is C31H33ClN4O4S. The molecule has 0 saturated carbocycles. The molecule has 4 rings (SSSR count). The zero-order valence-electron chi connectivity index (χ0n) is 23.9. The highest BCUT2D eigenvalue weighted by Gasteiger charge is 2.29. The van der Waals surface area contributed by atoms with Gasteiger partial charge in [0.15, 0.2) is 0 Å². The van der Waals surface area contributed by atoms with E-state index in [9.17, 15) is 13.2 Å². The summed E-state index contributed by atoms with van der Waals surface area (Å²) in [5.41, 5.74) is 9.75. The number of anilines is 1. The number of halogens is 1. The Morgan fingerprint density at radius 2 is 1.68 bits per heavy atom. The molecule has 1 heterocycles. The zero-order chi connectivity index (χ0) is 29.9. The van der Waals surface area contributed by atoms with E-state index in [1.165, 1.54) is 36.4 Å². The van der Waals surface area contributed by atoms with Crippen molar-refractivity contribution < 1.29 is 17.9 Å². The van der Waals surface area contributed by atoms with Crippen molar-refractivity contribution in [3.05, 3.63) is 105 Å². The minimum Gasteiger partial charge on any atom is -0.495 e. The molecule has 0 aliphatic heterocycles. The van der Waals surface area contributed by atoms with E-state index in [-0.39, 0.29) is 16.3 Å². The maximum absolute atomic E-state index is 13.7. The highest BCUT2D eigenvalue weighted by Crippen LogP contribution is 2.35. The van der Waals surface area contributed by atoms with Gasteiger partial charge < -0.3 is 9.30 Å². The Balaban J connectivity index is 1.60. The Morgan fingerprint density at radius 3 is 2.34 bits per heavy atom. The molecule has 0 atom stereocenters. The molecule has 1 aromatic heterocycles. The fraction of sp³-hybridized carbons (Fsp3) is 0.226. The van der Waals surface area contributed by atoms with Crippen LogP contribution in [0.2, 0.25) is 5.02 Å². The normalized spacial score (nSPS) is 11.6. The third kappa shape index (κ3) is 6.47. The van der Waals surface area contributed by atoms with E-state index < -0.39 is 22.5 Å². The highest BCUT2D eigenvalue weighted by molar-refractivity contribution is 7.92. The van der Waals surface area contributed by atoms with Gasteiger partial charge in [-0.15, -0.1) is 0 Å². The molecule has 0 aliphatic carbocycles. The van der Waals surface area contributed by atoms with Gasteiger partial charge in [-0.05, 0) is 94.3 Å². The number of nitrogens with zero attached hydrogens (tertiary/aromatic N) is 3. The van der Waals surface area contributed by atoms with Crippen molar-refractivity contribution in [1.29, 1.82) is 0 Å². The van der Waals surface area contributed by atoms with E-state index in [0.29, 0.717) is 5.02 Å². The lowest BCUT2D eigenvalue weighted by Gasteiger charge is -2.25. The van der Waals surface area contributed by atoms with E-state index in [4.69, 9.17) is 16.3 Å². The van der Waals surface area contributed by atoms with Crippen LogP contribution in [0.3, 0.4) is 0 Å². The van der Waals surface area contributed by atoms with E-state index in [2.05, 4.69) is 47.1 Å². The molecule has 0 aliphatic rings. The van der Waals surface area contributed by atoms with Gasteiger partial charge in [0.2, 0.25) is 0 Å². The molecule has 8 nitrogen and oxygen atoms in total. The number of carbonyl (C=O) groups excluding carboxylic acids is 1. The van der Waals surface area contributed by atoms with Gasteiger partial charge in [0, 0.05) is 27.7 Å². The van der Waals surface area contributed by atoms with Crippen molar-refractivity contribution in [2.75, 3.05) is 18.0 Å². The van der Waals surface area contributed by atoms with E-state index >= 15 is 0 Å². The van der Waals surface area contributed by atoms with Crippen LogP contribution in [-0.4, -0.2) is 38.8 Å². The summed E-state index contributed by atoms with van der Waals surface area (Å²) < 4.78 is 35.9. The summed E-state index contributed by atoms with van der Waals surface area (Å²) in [6, 6.07) is 19.2. The number of sulfonamides is 1. The number of hydrogen-bond donors (Lipinski definition) is 1. The third-order valence-electron chi connectivity index (χ3n) is 6.92. The molecule has 10 heteroatoms. The molecule has 0 saturated heterocycles. The SMILES string of the molecule is COc1ccc(Cl)cc1N(CC(=O)N/N=C\c1cc(C)n(-c2ccc(C)c(C)c2)c1C)S(=O)(=O)c1ccc(C)cc1. The fourth-order valence-electron chi connectivity index (χ4n) is 4.52. The van der Waals surface area contributed by atoms with Crippen LogP contribution in [0.25, 0.3) is 5.69 Å². The van der Waals surface area contributed by atoms with Gasteiger partial charge in [-0.2, -0.15) is 5.10 Å². The quantitative estimate of drug-likeness (QED) is 0.190. The second kappa shape index (κ2) is 12.2. The van der Waals surface area contributed by atoms with Crippen LogP contribution in [0.1, 0.15) is 33.6 Å². The second-order valence-corrected chi connectivity index (χ2v) is 12.2. The fourth-order valence-corrected chi connectivity index (χ4v) is 6.10. The van der Waals surface area contributed by atoms with Crippen molar-refractivity contribution in [3.8, 4) is 11.4 Å². The Bertz CT molecular complexity index is 1730. The maximum atomic E-state index is 13.7. The number of carbonyl (C=O) groups is 1. The first kappa shape index (κ1) is 29.9. The van der Waals surface area contributed by atoms with Crippen LogP contribution >= 0.6 is 11.6 Å². The molecule has 214 valence electrons. The minimum absolute atomic E-state index is 0.0280. The number of hydrazone groups is 1. The molecule has 1 amide bonds. The van der Waals surface area contributed by atoms with E-state index in [1.807, 2.05) is 26.8 Å². The van der Waals surface area contributed by atoms with Gasteiger partial charge in [-0.25, -0.2) is 13.8 Å². The predicted octanol–water partition coefficient (Wildman–Crippen LogP) is 6.03. The molecule has 0 unspecified atom stereocenters. The van der Waals surface area contributed by atoms with Crippen molar-refractivity contribution >= 4 is 39.4 Å². The van der Waals surface area contributed by atoms with Crippen molar-refractivity contribution in [3.63, 3.8) is 0 Å². The highest BCUT2D eigenvalue weighted by atomic mass is 35.5. The largest absolute Gasteiger partial charge is 0.495 e. The molecule has 4 aromatic rings. The summed E-state index contributed by atoms with van der Waals surface area (Å²) >= 11 is 6.21. The van der Waals surface area contributed by atoms with Crippen molar-refractivity contribution in [2.45, 2.75) is 39.5 Å². The first-order valence-corrected chi connectivity index (χ1v) is 14.8. The lowest BCUT2D eigenvalue weighted by Crippen LogP contribution is -2.39. The second-order valence-electron chi connectivity index (χ2n) is 9.86. The summed E-state index contributed by atoms with van der Waals surface area (Å²) in [5.74, 6) is -0.387. The Kier molecular flexibility index (Phi) is 8.89. The maximum Gasteiger partial charge on any atom is 0.264 e.